The Labute approximate surface area is 214 Å². The summed E-state index contributed by atoms with van der Waals surface area (Å²) in [7, 11) is 0. The first kappa shape index (κ1) is 23.5. The standard InChI is InChI=1S/C26H23BrN2O3S2/c1-3-26(2)13-19-21(14-32-26)34-23-22(19)24(31)29(18-7-5-4-6-8-18)25(28-23)33-15-20(30)16-9-11-17(27)12-10-16/h4-12H,3,13-15H2,1-2H3. The van der Waals surface area contributed by atoms with Crippen LogP contribution in [0.1, 0.15) is 41.1 Å². The van der Waals surface area contributed by atoms with E-state index in [1.54, 1.807) is 16.7 Å². The van der Waals surface area contributed by atoms with Gasteiger partial charge in [-0.3, -0.25) is 14.2 Å². The number of ether oxygens (including phenoxy) is 1. The highest BCUT2D eigenvalue weighted by Gasteiger charge is 2.33. The van der Waals surface area contributed by atoms with Crippen molar-refractivity contribution in [1.82, 2.24) is 9.55 Å². The van der Waals surface area contributed by atoms with E-state index in [1.807, 2.05) is 42.5 Å². The Bertz CT molecular complexity index is 1430. The number of hydrogen-bond donors (Lipinski definition) is 0. The van der Waals surface area contributed by atoms with Crippen LogP contribution in [0.15, 0.2) is 69.0 Å². The van der Waals surface area contributed by atoms with Crippen LogP contribution in [-0.2, 0) is 17.8 Å². The minimum atomic E-state index is -0.282. The first-order valence-electron chi connectivity index (χ1n) is 11.1. The number of thiophene rings is 1. The number of aromatic nitrogens is 2. The van der Waals surface area contributed by atoms with Gasteiger partial charge in [-0.25, -0.2) is 4.98 Å². The molecule has 0 fully saturated rings. The van der Waals surface area contributed by atoms with Crippen molar-refractivity contribution in [3.63, 3.8) is 0 Å². The van der Waals surface area contributed by atoms with Gasteiger partial charge in [0, 0.05) is 21.3 Å². The molecule has 174 valence electrons. The fraction of sp³-hybridized carbons (Fsp3) is 0.269. The van der Waals surface area contributed by atoms with Crippen LogP contribution in [-0.4, -0.2) is 26.7 Å². The first-order chi connectivity index (χ1) is 16.4. The molecule has 1 aliphatic rings. The average Bonchev–Trinajstić information content (AvgIpc) is 3.21. The van der Waals surface area contributed by atoms with E-state index in [9.17, 15) is 9.59 Å². The number of hydrogen-bond acceptors (Lipinski definition) is 6. The summed E-state index contributed by atoms with van der Waals surface area (Å²) < 4.78 is 8.68. The van der Waals surface area contributed by atoms with Crippen LogP contribution in [0, 0.1) is 0 Å². The van der Waals surface area contributed by atoms with Crippen molar-refractivity contribution >= 4 is 55.0 Å². The maximum absolute atomic E-state index is 13.9. The van der Waals surface area contributed by atoms with Crippen molar-refractivity contribution in [3.05, 3.63) is 85.4 Å². The summed E-state index contributed by atoms with van der Waals surface area (Å²) in [6.45, 7) is 4.70. The second-order valence-electron chi connectivity index (χ2n) is 8.54. The molecule has 34 heavy (non-hydrogen) atoms. The van der Waals surface area contributed by atoms with Gasteiger partial charge in [-0.2, -0.15) is 0 Å². The monoisotopic (exact) mass is 554 g/mol. The van der Waals surface area contributed by atoms with E-state index in [1.165, 1.54) is 23.1 Å². The molecule has 0 spiro atoms. The molecule has 1 unspecified atom stereocenters. The van der Waals surface area contributed by atoms with Gasteiger partial charge in [0.05, 0.1) is 29.0 Å². The number of Topliss-reactive ketones (excluding diaryl/α,β-unsaturated/α-hetero) is 1. The lowest BCUT2D eigenvalue weighted by atomic mass is 9.90. The highest BCUT2D eigenvalue weighted by atomic mass is 79.9. The minimum Gasteiger partial charge on any atom is -0.369 e. The van der Waals surface area contributed by atoms with Crippen LogP contribution >= 0.6 is 39.0 Å². The number of benzene rings is 2. The lowest BCUT2D eigenvalue weighted by molar-refractivity contribution is -0.0543. The van der Waals surface area contributed by atoms with Gasteiger partial charge in [-0.05, 0) is 43.2 Å². The van der Waals surface area contributed by atoms with Gasteiger partial charge >= 0.3 is 0 Å². The summed E-state index contributed by atoms with van der Waals surface area (Å²) in [4.78, 5) is 33.4. The van der Waals surface area contributed by atoms with Crippen molar-refractivity contribution in [3.8, 4) is 5.69 Å². The van der Waals surface area contributed by atoms with E-state index in [2.05, 4.69) is 29.8 Å². The molecule has 2 aromatic carbocycles. The smallest absolute Gasteiger partial charge is 0.267 e. The average molecular weight is 556 g/mol. The van der Waals surface area contributed by atoms with E-state index in [-0.39, 0.29) is 22.7 Å². The Kier molecular flexibility index (Phi) is 6.50. The van der Waals surface area contributed by atoms with Crippen molar-refractivity contribution in [1.29, 1.82) is 0 Å². The second kappa shape index (κ2) is 9.41. The number of fused-ring (bicyclic) bond motifs is 3. The Morgan fingerprint density at radius 3 is 2.65 bits per heavy atom. The lowest BCUT2D eigenvalue weighted by Crippen LogP contribution is -2.34. The number of rotatable bonds is 6. The Balaban J connectivity index is 1.59. The molecule has 0 N–H and O–H groups in total. The van der Waals surface area contributed by atoms with Crippen LogP contribution < -0.4 is 5.56 Å². The van der Waals surface area contributed by atoms with E-state index in [4.69, 9.17) is 9.72 Å². The SMILES string of the molecule is CCC1(C)Cc2c(sc3nc(SCC(=O)c4ccc(Br)cc4)n(-c4ccccc4)c(=O)c23)CO1. The molecule has 8 heteroatoms. The number of para-hydroxylation sites is 1. The fourth-order valence-corrected chi connectivity index (χ4v) is 6.39. The molecule has 2 aromatic heterocycles. The van der Waals surface area contributed by atoms with Gasteiger partial charge in [0.15, 0.2) is 10.9 Å². The summed E-state index contributed by atoms with van der Waals surface area (Å²) in [6, 6.07) is 16.8. The second-order valence-corrected chi connectivity index (χ2v) is 11.5. The van der Waals surface area contributed by atoms with Gasteiger partial charge in [0.1, 0.15) is 4.83 Å². The summed E-state index contributed by atoms with van der Waals surface area (Å²) in [6.07, 6.45) is 1.56. The number of ketones is 1. The Hall–Kier alpha value is -2.26. The molecule has 0 saturated carbocycles. The van der Waals surface area contributed by atoms with Gasteiger partial charge in [-0.15, -0.1) is 11.3 Å². The fourth-order valence-electron chi connectivity index (χ4n) is 4.08. The molecular weight excluding hydrogens is 532 g/mol. The molecule has 4 aromatic rings. The van der Waals surface area contributed by atoms with Crippen LogP contribution in [0.25, 0.3) is 15.9 Å². The lowest BCUT2D eigenvalue weighted by Gasteiger charge is -2.32. The third kappa shape index (κ3) is 4.40. The largest absolute Gasteiger partial charge is 0.369 e. The van der Waals surface area contributed by atoms with E-state index in [0.29, 0.717) is 34.0 Å². The number of halogens is 1. The van der Waals surface area contributed by atoms with Gasteiger partial charge in [0.2, 0.25) is 0 Å². The number of nitrogens with zero attached hydrogens (tertiary/aromatic N) is 2. The molecule has 0 aliphatic carbocycles. The zero-order chi connectivity index (χ0) is 23.9. The zero-order valence-electron chi connectivity index (χ0n) is 18.8. The number of carbonyl (C=O) groups excluding carboxylic acids is 1. The van der Waals surface area contributed by atoms with Crippen molar-refractivity contribution in [2.45, 2.75) is 44.1 Å². The van der Waals surface area contributed by atoms with Crippen molar-refractivity contribution in [2.24, 2.45) is 0 Å². The van der Waals surface area contributed by atoms with Crippen LogP contribution in [0.3, 0.4) is 0 Å². The molecule has 0 bridgehead atoms. The van der Waals surface area contributed by atoms with Crippen molar-refractivity contribution < 1.29 is 9.53 Å². The Morgan fingerprint density at radius 2 is 1.94 bits per heavy atom. The highest BCUT2D eigenvalue weighted by Crippen LogP contribution is 2.39. The topological polar surface area (TPSA) is 61.2 Å². The first-order valence-corrected chi connectivity index (χ1v) is 13.7. The molecule has 5 rings (SSSR count). The van der Waals surface area contributed by atoms with E-state index in [0.717, 1.165) is 27.0 Å². The molecule has 0 saturated heterocycles. The quantitative estimate of drug-likeness (QED) is 0.156. The molecule has 0 radical (unpaired) electrons. The molecule has 1 aliphatic heterocycles. The van der Waals surface area contributed by atoms with E-state index >= 15 is 0 Å². The van der Waals surface area contributed by atoms with Crippen LogP contribution in [0.4, 0.5) is 0 Å². The third-order valence-corrected chi connectivity index (χ3v) is 8.81. The summed E-state index contributed by atoms with van der Waals surface area (Å²) >= 11 is 6.22. The zero-order valence-corrected chi connectivity index (χ0v) is 22.1. The summed E-state index contributed by atoms with van der Waals surface area (Å²) in [5.41, 5.74) is 2.06. The van der Waals surface area contributed by atoms with Gasteiger partial charge in [-0.1, -0.05) is 64.9 Å². The number of carbonyl (C=O) groups is 1. The Morgan fingerprint density at radius 1 is 1.21 bits per heavy atom. The number of thioether (sulfide) groups is 1. The normalized spacial score (nSPS) is 17.6. The maximum atomic E-state index is 13.9. The maximum Gasteiger partial charge on any atom is 0.267 e. The predicted octanol–water partition coefficient (Wildman–Crippen LogP) is 6.43. The molecular formula is C26H23BrN2O3S2. The summed E-state index contributed by atoms with van der Waals surface area (Å²) in [5.74, 6) is 0.179. The highest BCUT2D eigenvalue weighted by molar-refractivity contribution is 9.10. The molecule has 0 amide bonds. The predicted molar refractivity (Wildman–Crippen MR) is 142 cm³/mol. The molecule has 3 heterocycles. The minimum absolute atomic E-state index is 0.0101. The molecule has 1 atom stereocenters. The van der Waals surface area contributed by atoms with Crippen LogP contribution in [0.5, 0.6) is 0 Å². The van der Waals surface area contributed by atoms with Crippen molar-refractivity contribution in [2.75, 3.05) is 5.75 Å². The summed E-state index contributed by atoms with van der Waals surface area (Å²) in [5, 5.41) is 1.20. The van der Waals surface area contributed by atoms with Gasteiger partial charge < -0.3 is 4.74 Å². The van der Waals surface area contributed by atoms with Crippen LogP contribution in [0.2, 0.25) is 0 Å². The van der Waals surface area contributed by atoms with E-state index < -0.39 is 0 Å². The molecule has 5 nitrogen and oxygen atoms in total. The third-order valence-electron chi connectivity index (χ3n) is 6.24. The van der Waals surface area contributed by atoms with Gasteiger partial charge in [0.25, 0.3) is 5.56 Å².